The van der Waals surface area contributed by atoms with Gasteiger partial charge < -0.3 is 10.2 Å². The summed E-state index contributed by atoms with van der Waals surface area (Å²) in [5.41, 5.74) is 2.45. The van der Waals surface area contributed by atoms with Crippen molar-refractivity contribution in [3.05, 3.63) is 39.4 Å². The van der Waals surface area contributed by atoms with Crippen molar-refractivity contribution in [1.82, 2.24) is 14.9 Å². The van der Waals surface area contributed by atoms with E-state index in [2.05, 4.69) is 15.3 Å². The molecule has 1 aliphatic heterocycles. The van der Waals surface area contributed by atoms with Crippen molar-refractivity contribution in [2.45, 2.75) is 19.8 Å². The summed E-state index contributed by atoms with van der Waals surface area (Å²) in [5.74, 6) is 0.316. The number of piperidine rings is 1. The number of likely N-dealkylation sites (tertiary alicyclic amines) is 1. The van der Waals surface area contributed by atoms with Crippen LogP contribution in [-0.4, -0.2) is 39.8 Å². The lowest BCUT2D eigenvalue weighted by Gasteiger charge is -2.31. The second kappa shape index (κ2) is 7.27. The summed E-state index contributed by atoms with van der Waals surface area (Å²) in [4.78, 5) is 35.4. The smallest absolute Gasteiger partial charge is 0.265 e. The minimum atomic E-state index is -0.117. The zero-order chi connectivity index (χ0) is 17.1. The maximum Gasteiger partial charge on any atom is 0.265 e. The predicted octanol–water partition coefficient (Wildman–Crippen LogP) is 2.99. The summed E-state index contributed by atoms with van der Waals surface area (Å²) in [6.45, 7) is 2.98. The van der Waals surface area contributed by atoms with Gasteiger partial charge in [0.25, 0.3) is 5.91 Å². The Balaban J connectivity index is 1.55. The number of halogens is 1. The van der Waals surface area contributed by atoms with Crippen molar-refractivity contribution in [3.8, 4) is 0 Å². The number of nitrogens with zero attached hydrogens (tertiary/aromatic N) is 3. The van der Waals surface area contributed by atoms with Gasteiger partial charge >= 0.3 is 0 Å². The topological polar surface area (TPSA) is 75.2 Å². The SMILES string of the molecule is Cc1ncsc1C(=O)N1CCC(C(=O)Nc2ccc(Cl)cn2)CC1. The summed E-state index contributed by atoms with van der Waals surface area (Å²) >= 11 is 7.14. The number of pyridine rings is 1. The van der Waals surface area contributed by atoms with Crippen LogP contribution >= 0.6 is 22.9 Å². The van der Waals surface area contributed by atoms with E-state index in [4.69, 9.17) is 11.6 Å². The number of carbonyl (C=O) groups excluding carboxylic acids is 2. The molecule has 0 spiro atoms. The zero-order valence-electron chi connectivity index (χ0n) is 13.2. The number of amides is 2. The molecule has 0 aliphatic carbocycles. The van der Waals surface area contributed by atoms with Crippen LogP contribution in [0.2, 0.25) is 5.02 Å². The van der Waals surface area contributed by atoms with Crippen molar-refractivity contribution < 1.29 is 9.59 Å². The summed E-state index contributed by atoms with van der Waals surface area (Å²) in [6, 6.07) is 3.36. The fourth-order valence-corrected chi connectivity index (χ4v) is 3.55. The molecule has 1 aliphatic rings. The number of hydrogen-bond acceptors (Lipinski definition) is 5. The molecule has 2 aromatic heterocycles. The third kappa shape index (κ3) is 3.73. The first-order valence-corrected chi connectivity index (χ1v) is 8.92. The highest BCUT2D eigenvalue weighted by molar-refractivity contribution is 7.11. The van der Waals surface area contributed by atoms with Crippen LogP contribution in [0.5, 0.6) is 0 Å². The highest BCUT2D eigenvalue weighted by Crippen LogP contribution is 2.23. The Hall–Kier alpha value is -1.99. The van der Waals surface area contributed by atoms with E-state index >= 15 is 0 Å². The Bertz CT molecular complexity index is 739. The van der Waals surface area contributed by atoms with Gasteiger partial charge in [0, 0.05) is 25.2 Å². The summed E-state index contributed by atoms with van der Waals surface area (Å²) in [5, 5.41) is 3.33. The van der Waals surface area contributed by atoms with E-state index in [1.165, 1.54) is 17.5 Å². The van der Waals surface area contributed by atoms with Crippen LogP contribution in [0.1, 0.15) is 28.2 Å². The molecule has 0 radical (unpaired) electrons. The summed E-state index contributed by atoms with van der Waals surface area (Å²) < 4.78 is 0. The molecule has 0 unspecified atom stereocenters. The highest BCUT2D eigenvalue weighted by atomic mass is 35.5. The summed E-state index contributed by atoms with van der Waals surface area (Å²) in [7, 11) is 0. The maximum absolute atomic E-state index is 12.5. The minimum Gasteiger partial charge on any atom is -0.338 e. The van der Waals surface area contributed by atoms with Crippen molar-refractivity contribution >= 4 is 40.6 Å². The lowest BCUT2D eigenvalue weighted by molar-refractivity contribution is -0.121. The molecule has 8 heteroatoms. The molecular formula is C16H17ClN4O2S. The van der Waals surface area contributed by atoms with Gasteiger partial charge in [-0.3, -0.25) is 9.59 Å². The predicted molar refractivity (Wildman–Crippen MR) is 93.4 cm³/mol. The molecule has 1 N–H and O–H groups in total. The molecule has 1 saturated heterocycles. The first kappa shape index (κ1) is 16.9. The van der Waals surface area contributed by atoms with Crippen LogP contribution in [0.4, 0.5) is 5.82 Å². The molecule has 24 heavy (non-hydrogen) atoms. The van der Waals surface area contributed by atoms with Crippen LogP contribution in [-0.2, 0) is 4.79 Å². The Morgan fingerprint density at radius 1 is 1.29 bits per heavy atom. The molecule has 0 aromatic carbocycles. The molecule has 2 aromatic rings. The van der Waals surface area contributed by atoms with Crippen LogP contribution in [0.15, 0.2) is 23.8 Å². The van der Waals surface area contributed by atoms with Crippen LogP contribution in [0.3, 0.4) is 0 Å². The van der Waals surface area contributed by atoms with Gasteiger partial charge in [0.05, 0.1) is 16.2 Å². The molecule has 2 amide bonds. The Kier molecular flexibility index (Phi) is 5.11. The van der Waals surface area contributed by atoms with Gasteiger partial charge in [0.1, 0.15) is 10.7 Å². The number of nitrogens with one attached hydrogen (secondary N) is 1. The van der Waals surface area contributed by atoms with Crippen molar-refractivity contribution in [2.24, 2.45) is 5.92 Å². The van der Waals surface area contributed by atoms with Gasteiger partial charge in [0.2, 0.25) is 5.91 Å². The van der Waals surface area contributed by atoms with Crippen molar-refractivity contribution in [1.29, 1.82) is 0 Å². The number of hydrogen-bond donors (Lipinski definition) is 1. The standard InChI is InChI=1S/C16H17ClN4O2S/c1-10-14(24-9-19-10)16(23)21-6-4-11(5-7-21)15(22)20-13-3-2-12(17)8-18-13/h2-3,8-9,11H,4-7H2,1H3,(H,18,20,22). The van der Waals surface area contributed by atoms with Crippen LogP contribution in [0, 0.1) is 12.8 Å². The van der Waals surface area contributed by atoms with E-state index in [9.17, 15) is 9.59 Å². The lowest BCUT2D eigenvalue weighted by atomic mass is 9.95. The van der Waals surface area contributed by atoms with E-state index in [1.807, 2.05) is 6.92 Å². The van der Waals surface area contributed by atoms with E-state index in [1.54, 1.807) is 22.5 Å². The normalized spacial score (nSPS) is 15.3. The Morgan fingerprint density at radius 2 is 2.04 bits per heavy atom. The number of aromatic nitrogens is 2. The highest BCUT2D eigenvalue weighted by Gasteiger charge is 2.29. The fraction of sp³-hybridized carbons (Fsp3) is 0.375. The Labute approximate surface area is 148 Å². The molecule has 126 valence electrons. The number of anilines is 1. The molecule has 3 heterocycles. The quantitative estimate of drug-likeness (QED) is 0.908. The second-order valence-corrected chi connectivity index (χ2v) is 6.98. The number of aryl methyl sites for hydroxylation is 1. The zero-order valence-corrected chi connectivity index (χ0v) is 14.7. The van der Waals surface area contributed by atoms with E-state index < -0.39 is 0 Å². The molecular weight excluding hydrogens is 348 g/mol. The van der Waals surface area contributed by atoms with Crippen LogP contribution in [0.25, 0.3) is 0 Å². The lowest BCUT2D eigenvalue weighted by Crippen LogP contribution is -2.41. The maximum atomic E-state index is 12.5. The number of carbonyl (C=O) groups is 2. The largest absolute Gasteiger partial charge is 0.338 e. The van der Waals surface area contributed by atoms with Crippen molar-refractivity contribution in [2.75, 3.05) is 18.4 Å². The van der Waals surface area contributed by atoms with Gasteiger partial charge in [-0.25, -0.2) is 9.97 Å². The number of thiazole rings is 1. The third-order valence-electron chi connectivity index (χ3n) is 4.07. The average Bonchev–Trinajstić information content (AvgIpc) is 3.02. The molecule has 0 bridgehead atoms. The molecule has 1 fully saturated rings. The van der Waals surface area contributed by atoms with Gasteiger partial charge in [-0.15, -0.1) is 11.3 Å². The average molecular weight is 365 g/mol. The monoisotopic (exact) mass is 364 g/mol. The van der Waals surface area contributed by atoms with Gasteiger partial charge in [-0.2, -0.15) is 0 Å². The van der Waals surface area contributed by atoms with Gasteiger partial charge in [-0.1, -0.05) is 11.6 Å². The fourth-order valence-electron chi connectivity index (χ4n) is 2.67. The minimum absolute atomic E-state index is 0.00762. The van der Waals surface area contributed by atoms with E-state index in [0.717, 1.165) is 5.69 Å². The van der Waals surface area contributed by atoms with Gasteiger partial charge in [0.15, 0.2) is 0 Å². The molecule has 0 saturated carbocycles. The molecule has 6 nitrogen and oxygen atoms in total. The van der Waals surface area contributed by atoms with Gasteiger partial charge in [-0.05, 0) is 31.9 Å². The number of rotatable bonds is 3. The first-order chi connectivity index (χ1) is 11.5. The summed E-state index contributed by atoms with van der Waals surface area (Å²) in [6.07, 6.45) is 2.78. The molecule has 3 rings (SSSR count). The van der Waals surface area contributed by atoms with Crippen molar-refractivity contribution in [3.63, 3.8) is 0 Å². The second-order valence-electron chi connectivity index (χ2n) is 5.68. The van der Waals surface area contributed by atoms with Crippen LogP contribution < -0.4 is 5.32 Å². The van der Waals surface area contributed by atoms with E-state index in [-0.39, 0.29) is 17.7 Å². The van der Waals surface area contributed by atoms with E-state index in [0.29, 0.717) is 41.6 Å². The first-order valence-electron chi connectivity index (χ1n) is 7.66. The Morgan fingerprint density at radius 3 is 2.62 bits per heavy atom. The third-order valence-corrected chi connectivity index (χ3v) is 5.21. The molecule has 0 atom stereocenters.